The molecule has 0 atom stereocenters. The Bertz CT molecular complexity index is 1440. The standard InChI is InChI=1S/C26H24BrFN2O6/c1-26(2,3)36-25(33)29-13-18(17-10-15(28)7-9-19(17)29)21-22(27)24(32)30(23(21)31)12-14-6-8-16(34-4)11-20(14)35-5/h6-11,13H,12H2,1-5H3. The number of amides is 2. The second kappa shape index (κ2) is 9.42. The predicted molar refractivity (Wildman–Crippen MR) is 134 cm³/mol. The van der Waals surface area contributed by atoms with Crippen LogP contribution in [0.15, 0.2) is 47.1 Å². The number of rotatable bonds is 5. The summed E-state index contributed by atoms with van der Waals surface area (Å²) in [6.07, 6.45) is 0.691. The van der Waals surface area contributed by atoms with Crippen molar-refractivity contribution in [2.45, 2.75) is 32.9 Å². The molecule has 8 nitrogen and oxygen atoms in total. The topological polar surface area (TPSA) is 87.1 Å². The number of carbonyl (C=O) groups excluding carboxylic acids is 3. The monoisotopic (exact) mass is 558 g/mol. The molecule has 1 aromatic heterocycles. The van der Waals surface area contributed by atoms with Gasteiger partial charge in [-0.05, 0) is 67.0 Å². The van der Waals surface area contributed by atoms with Crippen molar-refractivity contribution < 1.29 is 33.0 Å². The molecule has 0 saturated heterocycles. The highest BCUT2D eigenvalue weighted by atomic mass is 79.9. The summed E-state index contributed by atoms with van der Waals surface area (Å²) in [5, 5.41) is 0.290. The third-order valence-corrected chi connectivity index (χ3v) is 6.30. The molecule has 0 N–H and O–H groups in total. The van der Waals surface area contributed by atoms with E-state index in [9.17, 15) is 18.8 Å². The molecule has 0 aliphatic carbocycles. The summed E-state index contributed by atoms with van der Waals surface area (Å²) < 4.78 is 31.5. The van der Waals surface area contributed by atoms with Crippen LogP contribution in [0, 0.1) is 5.82 Å². The Morgan fingerprint density at radius 1 is 1.03 bits per heavy atom. The minimum atomic E-state index is -0.777. The second-order valence-corrected chi connectivity index (χ2v) is 9.91. The van der Waals surface area contributed by atoms with Crippen molar-refractivity contribution >= 4 is 50.3 Å². The van der Waals surface area contributed by atoms with Gasteiger partial charge < -0.3 is 14.2 Å². The SMILES string of the molecule is COc1ccc(CN2C(=O)C(Br)=C(c3cn(C(=O)OC(C)(C)C)c4ccc(F)cc34)C2=O)c(OC)c1. The summed E-state index contributed by atoms with van der Waals surface area (Å²) in [5.74, 6) is -0.714. The smallest absolute Gasteiger partial charge is 0.419 e. The zero-order valence-corrected chi connectivity index (χ0v) is 21.9. The zero-order valence-electron chi connectivity index (χ0n) is 20.3. The van der Waals surface area contributed by atoms with Gasteiger partial charge in [-0.3, -0.25) is 19.1 Å². The highest BCUT2D eigenvalue weighted by molar-refractivity contribution is 9.12. The van der Waals surface area contributed by atoms with Gasteiger partial charge >= 0.3 is 6.09 Å². The first-order valence-corrected chi connectivity index (χ1v) is 11.8. The number of methoxy groups -OCH3 is 2. The summed E-state index contributed by atoms with van der Waals surface area (Å²) in [6, 6.07) is 8.90. The fourth-order valence-electron chi connectivity index (χ4n) is 3.94. The molecule has 1 aliphatic rings. The lowest BCUT2D eigenvalue weighted by molar-refractivity contribution is -0.137. The Labute approximate surface area is 215 Å². The summed E-state index contributed by atoms with van der Waals surface area (Å²) in [5.41, 5.74) is 0.393. The van der Waals surface area contributed by atoms with Crippen LogP contribution in [-0.4, -0.2) is 47.2 Å². The van der Waals surface area contributed by atoms with E-state index in [0.29, 0.717) is 22.6 Å². The molecule has 1 aliphatic heterocycles. The van der Waals surface area contributed by atoms with Gasteiger partial charge in [0, 0.05) is 28.8 Å². The van der Waals surface area contributed by atoms with Crippen LogP contribution in [0.5, 0.6) is 11.5 Å². The average Bonchev–Trinajstić information content (AvgIpc) is 3.28. The lowest BCUT2D eigenvalue weighted by Crippen LogP contribution is -2.31. The number of hydrogen-bond acceptors (Lipinski definition) is 6. The molecule has 0 fully saturated rings. The van der Waals surface area contributed by atoms with E-state index in [4.69, 9.17) is 14.2 Å². The summed E-state index contributed by atoms with van der Waals surface area (Å²) >= 11 is 3.26. The van der Waals surface area contributed by atoms with E-state index in [1.54, 1.807) is 39.0 Å². The van der Waals surface area contributed by atoms with Gasteiger partial charge in [0.1, 0.15) is 22.9 Å². The van der Waals surface area contributed by atoms with Crippen LogP contribution in [0.25, 0.3) is 16.5 Å². The molecule has 3 aromatic rings. The second-order valence-electron chi connectivity index (χ2n) is 9.12. The van der Waals surface area contributed by atoms with E-state index in [1.165, 1.54) is 43.2 Å². The molecule has 188 valence electrons. The molecule has 0 bridgehead atoms. The van der Waals surface area contributed by atoms with Crippen LogP contribution in [-0.2, 0) is 20.9 Å². The van der Waals surface area contributed by atoms with Gasteiger partial charge in [-0.2, -0.15) is 0 Å². The maximum absolute atomic E-state index is 14.2. The van der Waals surface area contributed by atoms with Crippen LogP contribution >= 0.6 is 15.9 Å². The largest absolute Gasteiger partial charge is 0.497 e. The molecular formula is C26H24BrFN2O6. The lowest BCUT2D eigenvalue weighted by Gasteiger charge is -2.19. The summed E-state index contributed by atoms with van der Waals surface area (Å²) in [6.45, 7) is 5.10. The van der Waals surface area contributed by atoms with Gasteiger partial charge in [-0.25, -0.2) is 9.18 Å². The first kappa shape index (κ1) is 25.4. The van der Waals surface area contributed by atoms with Gasteiger partial charge in [-0.15, -0.1) is 0 Å². The number of hydrogen-bond donors (Lipinski definition) is 0. The number of halogens is 2. The van der Waals surface area contributed by atoms with E-state index < -0.39 is 29.3 Å². The Balaban J connectivity index is 1.77. The zero-order chi connectivity index (χ0) is 26.4. The minimum Gasteiger partial charge on any atom is -0.497 e. The van der Waals surface area contributed by atoms with E-state index >= 15 is 0 Å². The van der Waals surface area contributed by atoms with Crippen LogP contribution in [0.1, 0.15) is 31.9 Å². The molecule has 4 rings (SSSR count). The maximum Gasteiger partial charge on any atom is 0.419 e. The number of nitrogens with zero attached hydrogens (tertiary/aromatic N) is 2. The quantitative estimate of drug-likeness (QED) is 0.397. The molecule has 0 saturated carbocycles. The third kappa shape index (κ3) is 4.60. The lowest BCUT2D eigenvalue weighted by atomic mass is 10.1. The van der Waals surface area contributed by atoms with E-state index in [2.05, 4.69) is 15.9 Å². The van der Waals surface area contributed by atoms with Crippen molar-refractivity contribution in [2.24, 2.45) is 0 Å². The maximum atomic E-state index is 14.2. The number of fused-ring (bicyclic) bond motifs is 1. The Kier molecular flexibility index (Phi) is 6.66. The van der Waals surface area contributed by atoms with Gasteiger partial charge in [0.15, 0.2) is 0 Å². The molecule has 0 radical (unpaired) electrons. The number of imide groups is 1. The number of ether oxygens (including phenoxy) is 3. The van der Waals surface area contributed by atoms with Crippen LogP contribution in [0.3, 0.4) is 0 Å². The minimum absolute atomic E-state index is 0.00692. The van der Waals surface area contributed by atoms with Crippen molar-refractivity contribution in [3.63, 3.8) is 0 Å². The number of aromatic nitrogens is 1. The first-order valence-electron chi connectivity index (χ1n) is 11.0. The molecule has 0 unspecified atom stereocenters. The number of carbonyl (C=O) groups is 3. The van der Waals surface area contributed by atoms with Crippen LogP contribution < -0.4 is 9.47 Å². The molecule has 36 heavy (non-hydrogen) atoms. The summed E-state index contributed by atoms with van der Waals surface area (Å²) in [4.78, 5) is 40.6. The predicted octanol–water partition coefficient (Wildman–Crippen LogP) is 5.26. The van der Waals surface area contributed by atoms with Crippen LogP contribution in [0.4, 0.5) is 9.18 Å². The average molecular weight is 559 g/mol. The highest BCUT2D eigenvalue weighted by Gasteiger charge is 2.40. The molecule has 10 heteroatoms. The van der Waals surface area contributed by atoms with Crippen molar-refractivity contribution in [2.75, 3.05) is 14.2 Å². The highest BCUT2D eigenvalue weighted by Crippen LogP contribution is 2.39. The van der Waals surface area contributed by atoms with E-state index in [-0.39, 0.29) is 27.5 Å². The molecule has 2 heterocycles. The Hall–Kier alpha value is -3.66. The molecule has 2 aromatic carbocycles. The van der Waals surface area contributed by atoms with Gasteiger partial charge in [0.05, 0.1) is 36.3 Å². The normalized spacial score (nSPS) is 14.1. The van der Waals surface area contributed by atoms with E-state index in [0.717, 1.165) is 4.90 Å². The summed E-state index contributed by atoms with van der Waals surface area (Å²) in [7, 11) is 3.00. The van der Waals surface area contributed by atoms with E-state index in [1.807, 2.05) is 0 Å². The molecular weight excluding hydrogens is 535 g/mol. The van der Waals surface area contributed by atoms with Gasteiger partial charge in [-0.1, -0.05) is 0 Å². The van der Waals surface area contributed by atoms with Crippen molar-refractivity contribution in [3.05, 3.63) is 64.0 Å². The van der Waals surface area contributed by atoms with Gasteiger partial charge in [0.2, 0.25) is 0 Å². The first-order chi connectivity index (χ1) is 16.9. The molecule has 0 spiro atoms. The Morgan fingerprint density at radius 3 is 2.39 bits per heavy atom. The van der Waals surface area contributed by atoms with Crippen molar-refractivity contribution in [1.82, 2.24) is 9.47 Å². The van der Waals surface area contributed by atoms with Gasteiger partial charge in [0.25, 0.3) is 11.8 Å². The fourth-order valence-corrected chi connectivity index (χ4v) is 4.54. The van der Waals surface area contributed by atoms with Crippen LogP contribution in [0.2, 0.25) is 0 Å². The molecule has 2 amide bonds. The third-order valence-electron chi connectivity index (χ3n) is 5.56. The number of benzene rings is 2. The Morgan fingerprint density at radius 2 is 1.75 bits per heavy atom. The van der Waals surface area contributed by atoms with Crippen molar-refractivity contribution in [1.29, 1.82) is 0 Å². The fraction of sp³-hybridized carbons (Fsp3) is 0.269. The van der Waals surface area contributed by atoms with Crippen molar-refractivity contribution in [3.8, 4) is 11.5 Å².